The van der Waals surface area contributed by atoms with E-state index in [0.717, 1.165) is 28.9 Å². The summed E-state index contributed by atoms with van der Waals surface area (Å²) in [5, 5.41) is 3.30. The van der Waals surface area contributed by atoms with Crippen LogP contribution in [0.15, 0.2) is 48.5 Å². The van der Waals surface area contributed by atoms with Gasteiger partial charge in [0.2, 0.25) is 5.91 Å². The van der Waals surface area contributed by atoms with Crippen molar-refractivity contribution in [1.29, 1.82) is 0 Å². The summed E-state index contributed by atoms with van der Waals surface area (Å²) in [5.74, 6) is -0.106. The first-order chi connectivity index (χ1) is 11.7. The van der Waals surface area contributed by atoms with Crippen LogP contribution >= 0.6 is 11.3 Å². The fourth-order valence-corrected chi connectivity index (χ4v) is 3.69. The largest absolute Gasteiger partial charge is 0.320 e. The van der Waals surface area contributed by atoms with Crippen LogP contribution in [0.3, 0.4) is 0 Å². The van der Waals surface area contributed by atoms with Gasteiger partial charge < -0.3 is 10.2 Å². The van der Waals surface area contributed by atoms with Crippen LogP contribution in [0.5, 0.6) is 0 Å². The number of para-hydroxylation sites is 1. The molecule has 1 aromatic heterocycles. The molecule has 0 spiro atoms. The SMILES string of the molecule is O=C(Nc1cccc(N2CCCC2=O)c1)c1nc2ccccc2s1. The molecule has 1 aliphatic heterocycles. The molecule has 2 amide bonds. The van der Waals surface area contributed by atoms with Gasteiger partial charge in [-0.3, -0.25) is 9.59 Å². The second-order valence-corrected chi connectivity index (χ2v) is 6.67. The first-order valence-electron chi connectivity index (χ1n) is 7.78. The van der Waals surface area contributed by atoms with Crippen LogP contribution in [0.2, 0.25) is 0 Å². The Balaban J connectivity index is 1.56. The lowest BCUT2D eigenvalue weighted by Crippen LogP contribution is -2.23. The summed E-state index contributed by atoms with van der Waals surface area (Å²) in [5.41, 5.74) is 2.31. The summed E-state index contributed by atoms with van der Waals surface area (Å²) in [4.78, 5) is 30.4. The Morgan fingerprint density at radius 1 is 1.17 bits per heavy atom. The molecule has 2 aromatic carbocycles. The summed E-state index contributed by atoms with van der Waals surface area (Å²) in [7, 11) is 0. The summed E-state index contributed by atoms with van der Waals surface area (Å²) in [6.45, 7) is 0.730. The molecule has 3 aromatic rings. The maximum Gasteiger partial charge on any atom is 0.284 e. The minimum atomic E-state index is -0.235. The number of carbonyl (C=O) groups is 2. The number of fused-ring (bicyclic) bond motifs is 1. The molecule has 6 heteroatoms. The number of nitrogens with zero attached hydrogens (tertiary/aromatic N) is 2. The molecule has 0 bridgehead atoms. The van der Waals surface area contributed by atoms with E-state index in [9.17, 15) is 9.59 Å². The van der Waals surface area contributed by atoms with E-state index in [1.165, 1.54) is 11.3 Å². The molecule has 0 atom stereocenters. The maximum absolute atomic E-state index is 12.4. The average Bonchev–Trinajstić information content (AvgIpc) is 3.21. The predicted molar refractivity (Wildman–Crippen MR) is 95.6 cm³/mol. The van der Waals surface area contributed by atoms with Crippen LogP contribution in [0.1, 0.15) is 22.6 Å². The van der Waals surface area contributed by atoms with Crippen molar-refractivity contribution < 1.29 is 9.59 Å². The van der Waals surface area contributed by atoms with Gasteiger partial charge in [0.15, 0.2) is 5.01 Å². The first-order valence-corrected chi connectivity index (χ1v) is 8.60. The van der Waals surface area contributed by atoms with Gasteiger partial charge in [-0.25, -0.2) is 4.98 Å². The molecule has 0 unspecified atom stereocenters. The van der Waals surface area contributed by atoms with Crippen LogP contribution < -0.4 is 10.2 Å². The Hall–Kier alpha value is -2.73. The molecule has 2 heterocycles. The highest BCUT2D eigenvalue weighted by atomic mass is 32.1. The van der Waals surface area contributed by atoms with Crippen LogP contribution in [-0.4, -0.2) is 23.3 Å². The average molecular weight is 337 g/mol. The van der Waals surface area contributed by atoms with Gasteiger partial charge in [0, 0.05) is 24.3 Å². The molecular formula is C18H15N3O2S. The van der Waals surface area contributed by atoms with Crippen LogP contribution in [0.4, 0.5) is 11.4 Å². The van der Waals surface area contributed by atoms with Crippen LogP contribution in [-0.2, 0) is 4.79 Å². The number of amides is 2. The Morgan fingerprint density at radius 3 is 2.83 bits per heavy atom. The molecule has 0 radical (unpaired) electrons. The van der Waals surface area contributed by atoms with Crippen LogP contribution in [0.25, 0.3) is 10.2 Å². The summed E-state index contributed by atoms with van der Waals surface area (Å²) in [6.07, 6.45) is 1.46. The Bertz CT molecular complexity index is 902. The third-order valence-electron chi connectivity index (χ3n) is 3.98. The van der Waals surface area contributed by atoms with Crippen molar-refractivity contribution in [2.75, 3.05) is 16.8 Å². The van der Waals surface area contributed by atoms with E-state index < -0.39 is 0 Å². The molecule has 0 saturated carbocycles. The minimum absolute atomic E-state index is 0.129. The van der Waals surface area contributed by atoms with Crippen molar-refractivity contribution in [3.63, 3.8) is 0 Å². The van der Waals surface area contributed by atoms with Gasteiger partial charge in [0.25, 0.3) is 5.91 Å². The highest BCUT2D eigenvalue weighted by molar-refractivity contribution is 7.20. The van der Waals surface area contributed by atoms with E-state index in [-0.39, 0.29) is 11.8 Å². The number of nitrogens with one attached hydrogen (secondary N) is 1. The quantitative estimate of drug-likeness (QED) is 0.793. The van der Waals surface area contributed by atoms with E-state index in [1.54, 1.807) is 4.90 Å². The number of hydrogen-bond acceptors (Lipinski definition) is 4. The van der Waals surface area contributed by atoms with Crippen LogP contribution in [0, 0.1) is 0 Å². The minimum Gasteiger partial charge on any atom is -0.320 e. The summed E-state index contributed by atoms with van der Waals surface area (Å²) < 4.78 is 0.985. The van der Waals surface area contributed by atoms with E-state index in [2.05, 4.69) is 10.3 Å². The van der Waals surface area contributed by atoms with E-state index in [1.807, 2.05) is 48.5 Å². The summed E-state index contributed by atoms with van der Waals surface area (Å²) >= 11 is 1.37. The number of hydrogen-bond donors (Lipinski definition) is 1. The van der Waals surface area contributed by atoms with Crippen molar-refractivity contribution in [2.45, 2.75) is 12.8 Å². The highest BCUT2D eigenvalue weighted by Gasteiger charge is 2.22. The molecule has 1 fully saturated rings. The molecule has 5 nitrogen and oxygen atoms in total. The highest BCUT2D eigenvalue weighted by Crippen LogP contribution is 2.26. The lowest BCUT2D eigenvalue weighted by molar-refractivity contribution is -0.117. The van der Waals surface area contributed by atoms with E-state index >= 15 is 0 Å². The van der Waals surface area contributed by atoms with Crippen molar-refractivity contribution in [1.82, 2.24) is 4.98 Å². The van der Waals surface area contributed by atoms with Gasteiger partial charge in [-0.1, -0.05) is 18.2 Å². The monoisotopic (exact) mass is 337 g/mol. The molecule has 1 saturated heterocycles. The number of benzene rings is 2. The third-order valence-corrected chi connectivity index (χ3v) is 5.01. The van der Waals surface area contributed by atoms with E-state index in [0.29, 0.717) is 17.1 Å². The Morgan fingerprint density at radius 2 is 2.04 bits per heavy atom. The summed E-state index contributed by atoms with van der Waals surface area (Å²) in [6, 6.07) is 15.0. The third kappa shape index (κ3) is 2.76. The normalized spacial score (nSPS) is 14.3. The molecular weight excluding hydrogens is 322 g/mol. The lowest BCUT2D eigenvalue weighted by Gasteiger charge is -2.16. The van der Waals surface area contributed by atoms with Crippen molar-refractivity contribution in [3.8, 4) is 0 Å². The molecule has 1 N–H and O–H groups in total. The zero-order valence-corrected chi connectivity index (χ0v) is 13.7. The molecule has 4 rings (SSSR count). The number of anilines is 2. The standard InChI is InChI=1S/C18H15N3O2S/c22-16-9-4-10-21(16)13-6-3-5-12(11-13)19-17(23)18-20-14-7-1-2-8-15(14)24-18/h1-3,5-8,11H,4,9-10H2,(H,19,23). The first kappa shape index (κ1) is 14.8. The van der Waals surface area contributed by atoms with Gasteiger partial charge in [-0.05, 0) is 36.8 Å². The molecule has 24 heavy (non-hydrogen) atoms. The van der Waals surface area contributed by atoms with Gasteiger partial charge in [0.1, 0.15) is 0 Å². The smallest absolute Gasteiger partial charge is 0.284 e. The lowest BCUT2D eigenvalue weighted by atomic mass is 10.2. The predicted octanol–water partition coefficient (Wildman–Crippen LogP) is 3.68. The molecule has 0 aliphatic carbocycles. The van der Waals surface area contributed by atoms with Crippen molar-refractivity contribution >= 4 is 44.7 Å². The Kier molecular flexibility index (Phi) is 3.74. The zero-order valence-electron chi connectivity index (χ0n) is 12.9. The molecule has 120 valence electrons. The topological polar surface area (TPSA) is 62.3 Å². The fraction of sp³-hybridized carbons (Fsp3) is 0.167. The van der Waals surface area contributed by atoms with Crippen molar-refractivity contribution in [2.24, 2.45) is 0 Å². The maximum atomic E-state index is 12.4. The van der Waals surface area contributed by atoms with Gasteiger partial charge in [-0.2, -0.15) is 0 Å². The second kappa shape index (κ2) is 6.05. The number of thiazole rings is 1. The molecule has 1 aliphatic rings. The number of rotatable bonds is 3. The van der Waals surface area contributed by atoms with E-state index in [4.69, 9.17) is 0 Å². The van der Waals surface area contributed by atoms with Gasteiger partial charge in [-0.15, -0.1) is 11.3 Å². The number of carbonyl (C=O) groups excluding carboxylic acids is 2. The Labute approximate surface area is 142 Å². The van der Waals surface area contributed by atoms with Gasteiger partial charge in [0.05, 0.1) is 10.2 Å². The number of aromatic nitrogens is 1. The zero-order chi connectivity index (χ0) is 16.5. The second-order valence-electron chi connectivity index (χ2n) is 5.64. The van der Waals surface area contributed by atoms with Gasteiger partial charge >= 0.3 is 0 Å². The fourth-order valence-electron chi connectivity index (χ4n) is 2.83. The van der Waals surface area contributed by atoms with Crippen molar-refractivity contribution in [3.05, 3.63) is 53.5 Å².